The van der Waals surface area contributed by atoms with Crippen LogP contribution >= 0.6 is 0 Å². The maximum Gasteiger partial charge on any atom is 0.309 e. The Labute approximate surface area is 146 Å². The fourth-order valence-electron chi connectivity index (χ4n) is 3.74. The number of ether oxygens (including phenoxy) is 2. The molecule has 0 amide bonds. The Kier molecular flexibility index (Phi) is 4.20. The van der Waals surface area contributed by atoms with Crippen molar-refractivity contribution in [2.45, 2.75) is 38.2 Å². The summed E-state index contributed by atoms with van der Waals surface area (Å²) in [6.45, 7) is 2.25. The summed E-state index contributed by atoms with van der Waals surface area (Å²) in [6, 6.07) is 13.0. The predicted octanol–water partition coefficient (Wildman–Crippen LogP) is 4.56. The van der Waals surface area contributed by atoms with Gasteiger partial charge in [0.15, 0.2) is 0 Å². The largest absolute Gasteiger partial charge is 0.486 e. The van der Waals surface area contributed by atoms with Gasteiger partial charge in [0, 0.05) is 5.56 Å². The molecule has 0 unspecified atom stereocenters. The molecule has 4 heteroatoms. The third-order valence-corrected chi connectivity index (χ3v) is 5.11. The van der Waals surface area contributed by atoms with E-state index in [1.165, 1.54) is 6.07 Å². The second-order valence-electron chi connectivity index (χ2n) is 6.73. The Hall–Kier alpha value is -2.36. The van der Waals surface area contributed by atoms with Crippen molar-refractivity contribution in [3.8, 4) is 5.75 Å². The minimum absolute atomic E-state index is 0.0116. The Balaban J connectivity index is 1.42. The van der Waals surface area contributed by atoms with Crippen LogP contribution in [0.4, 0.5) is 4.39 Å². The van der Waals surface area contributed by atoms with E-state index in [1.54, 1.807) is 6.07 Å². The van der Waals surface area contributed by atoms with Crippen molar-refractivity contribution in [1.82, 2.24) is 0 Å². The highest BCUT2D eigenvalue weighted by atomic mass is 19.1. The molecule has 2 aromatic rings. The van der Waals surface area contributed by atoms with Crippen LogP contribution in [-0.4, -0.2) is 12.6 Å². The van der Waals surface area contributed by atoms with Gasteiger partial charge in [-0.3, -0.25) is 4.79 Å². The molecule has 0 bridgehead atoms. The summed E-state index contributed by atoms with van der Waals surface area (Å²) in [5, 5.41) is 0. The van der Waals surface area contributed by atoms with Crippen LogP contribution < -0.4 is 4.74 Å². The number of benzene rings is 2. The zero-order chi connectivity index (χ0) is 17.4. The molecule has 0 N–H and O–H groups in total. The minimum Gasteiger partial charge on any atom is -0.486 e. The molecule has 3 nitrogen and oxygen atoms in total. The van der Waals surface area contributed by atoms with E-state index in [4.69, 9.17) is 9.47 Å². The Morgan fingerprint density at radius 2 is 2.00 bits per heavy atom. The Morgan fingerprint density at radius 3 is 2.76 bits per heavy atom. The highest BCUT2D eigenvalue weighted by Crippen LogP contribution is 2.48. The number of aryl methyl sites for hydroxylation is 1. The smallest absolute Gasteiger partial charge is 0.309 e. The maximum atomic E-state index is 14.1. The fraction of sp³-hybridized carbons (Fsp3) is 0.381. The molecule has 1 fully saturated rings. The van der Waals surface area contributed by atoms with E-state index < -0.39 is 0 Å². The average molecular weight is 340 g/mol. The molecule has 0 heterocycles. The van der Waals surface area contributed by atoms with Crippen molar-refractivity contribution < 1.29 is 18.7 Å². The van der Waals surface area contributed by atoms with Gasteiger partial charge in [-0.25, -0.2) is 4.39 Å². The van der Waals surface area contributed by atoms with Crippen molar-refractivity contribution in [3.63, 3.8) is 0 Å². The highest BCUT2D eigenvalue weighted by molar-refractivity contribution is 5.77. The second kappa shape index (κ2) is 6.51. The molecule has 2 aliphatic carbocycles. The summed E-state index contributed by atoms with van der Waals surface area (Å²) in [4.78, 5) is 11.8. The lowest BCUT2D eigenvalue weighted by Gasteiger charge is -2.16. The van der Waals surface area contributed by atoms with E-state index in [9.17, 15) is 9.18 Å². The number of halogens is 1. The summed E-state index contributed by atoms with van der Waals surface area (Å²) in [5.74, 6) is 0.677. The molecule has 2 aliphatic rings. The third kappa shape index (κ3) is 3.13. The van der Waals surface area contributed by atoms with Crippen LogP contribution in [0.1, 0.15) is 48.5 Å². The summed E-state index contributed by atoms with van der Waals surface area (Å²) >= 11 is 0. The summed E-state index contributed by atoms with van der Waals surface area (Å²) in [7, 11) is 0. The van der Waals surface area contributed by atoms with E-state index >= 15 is 0 Å². The number of hydrogen-bond acceptors (Lipinski definition) is 3. The number of carbonyl (C=O) groups excluding carboxylic acids is 1. The Morgan fingerprint density at radius 1 is 1.20 bits per heavy atom. The predicted molar refractivity (Wildman–Crippen MR) is 92.0 cm³/mol. The van der Waals surface area contributed by atoms with E-state index in [1.807, 2.05) is 37.3 Å². The minimum atomic E-state index is -0.227. The molecule has 2 aromatic carbocycles. The molecule has 4 rings (SSSR count). The van der Waals surface area contributed by atoms with E-state index in [2.05, 4.69) is 0 Å². The number of rotatable bonds is 5. The number of fused-ring (bicyclic) bond motifs is 1. The second-order valence-corrected chi connectivity index (χ2v) is 6.73. The van der Waals surface area contributed by atoms with Gasteiger partial charge in [0.25, 0.3) is 0 Å². The molecule has 1 saturated carbocycles. The molecule has 0 radical (unpaired) electrons. The first-order chi connectivity index (χ1) is 12.2. The molecule has 130 valence electrons. The summed E-state index contributed by atoms with van der Waals surface area (Å²) in [5.41, 5.74) is 2.86. The molecular formula is C21H21FO3. The van der Waals surface area contributed by atoms with Crippen LogP contribution in [0.25, 0.3) is 0 Å². The fourth-order valence-corrected chi connectivity index (χ4v) is 3.74. The first kappa shape index (κ1) is 16.1. The Bertz CT molecular complexity index is 784. The number of hydrogen-bond donors (Lipinski definition) is 0. The van der Waals surface area contributed by atoms with Crippen LogP contribution in [0.3, 0.4) is 0 Å². The van der Waals surface area contributed by atoms with Gasteiger partial charge in [0.1, 0.15) is 17.7 Å². The van der Waals surface area contributed by atoms with Crippen LogP contribution in [-0.2, 0) is 16.0 Å². The monoisotopic (exact) mass is 340 g/mol. The van der Waals surface area contributed by atoms with E-state index in [-0.39, 0.29) is 29.7 Å². The molecule has 3 atom stereocenters. The summed E-state index contributed by atoms with van der Waals surface area (Å²) < 4.78 is 25.2. The van der Waals surface area contributed by atoms with E-state index in [0.29, 0.717) is 12.2 Å². The SMILES string of the molecule is CCOC(=O)[C@H]1C[C@@H]1c1ccc(O[C@@H]2CCc3cccc(F)c32)cc1. The van der Waals surface area contributed by atoms with Crippen LogP contribution in [0.5, 0.6) is 5.75 Å². The van der Waals surface area contributed by atoms with Gasteiger partial charge in [-0.1, -0.05) is 24.3 Å². The molecule has 0 aromatic heterocycles. The van der Waals surface area contributed by atoms with Gasteiger partial charge in [0.2, 0.25) is 0 Å². The lowest BCUT2D eigenvalue weighted by molar-refractivity contribution is -0.144. The van der Waals surface area contributed by atoms with E-state index in [0.717, 1.165) is 36.1 Å². The van der Waals surface area contributed by atoms with Crippen LogP contribution in [0.2, 0.25) is 0 Å². The molecule has 0 saturated heterocycles. The quantitative estimate of drug-likeness (QED) is 0.749. The van der Waals surface area contributed by atoms with Gasteiger partial charge >= 0.3 is 5.97 Å². The number of esters is 1. The normalized spacial score (nSPS) is 23.8. The zero-order valence-corrected chi connectivity index (χ0v) is 14.2. The van der Waals surface area contributed by atoms with Gasteiger partial charge in [0.05, 0.1) is 12.5 Å². The average Bonchev–Trinajstić information content (AvgIpc) is 3.31. The maximum absolute atomic E-state index is 14.1. The molecule has 0 aliphatic heterocycles. The van der Waals surface area contributed by atoms with Crippen molar-refractivity contribution in [2.24, 2.45) is 5.92 Å². The third-order valence-electron chi connectivity index (χ3n) is 5.11. The first-order valence-electron chi connectivity index (χ1n) is 8.88. The van der Waals surface area contributed by atoms with Crippen LogP contribution in [0, 0.1) is 11.7 Å². The van der Waals surface area contributed by atoms with Gasteiger partial charge in [-0.05, 0) is 61.4 Å². The highest BCUT2D eigenvalue weighted by Gasteiger charge is 2.45. The lowest BCUT2D eigenvalue weighted by Crippen LogP contribution is -2.07. The van der Waals surface area contributed by atoms with Crippen molar-refractivity contribution >= 4 is 5.97 Å². The first-order valence-corrected chi connectivity index (χ1v) is 8.88. The van der Waals surface area contributed by atoms with Crippen molar-refractivity contribution in [1.29, 1.82) is 0 Å². The van der Waals surface area contributed by atoms with Gasteiger partial charge in [-0.2, -0.15) is 0 Å². The van der Waals surface area contributed by atoms with Gasteiger partial charge in [-0.15, -0.1) is 0 Å². The topological polar surface area (TPSA) is 35.5 Å². The molecular weight excluding hydrogens is 319 g/mol. The van der Waals surface area contributed by atoms with Gasteiger partial charge < -0.3 is 9.47 Å². The molecule has 25 heavy (non-hydrogen) atoms. The summed E-state index contributed by atoms with van der Waals surface area (Å²) in [6.07, 6.45) is 2.26. The lowest BCUT2D eigenvalue weighted by atomic mass is 10.1. The van der Waals surface area contributed by atoms with Crippen LogP contribution in [0.15, 0.2) is 42.5 Å². The zero-order valence-electron chi connectivity index (χ0n) is 14.2. The van der Waals surface area contributed by atoms with Crippen molar-refractivity contribution in [3.05, 3.63) is 65.0 Å². The molecule has 0 spiro atoms. The van der Waals surface area contributed by atoms with Crippen molar-refractivity contribution in [2.75, 3.05) is 6.61 Å². The number of carbonyl (C=O) groups is 1. The standard InChI is InChI=1S/C21H21FO3/c1-2-24-21(23)17-12-16(17)13-6-9-15(10-7-13)25-19-11-8-14-4-3-5-18(22)20(14)19/h3-7,9-10,16-17,19H,2,8,11-12H2,1H3/t16-,17+,19-/m1/s1.